The third kappa shape index (κ3) is 5.41. The Balaban J connectivity index is 1.73. The van der Waals surface area contributed by atoms with Crippen molar-refractivity contribution in [2.75, 3.05) is 6.61 Å². The first-order valence-electron chi connectivity index (χ1n) is 10.4. The van der Waals surface area contributed by atoms with E-state index in [1.807, 2.05) is 59.2 Å². The lowest BCUT2D eigenvalue weighted by Crippen LogP contribution is -2.40. The summed E-state index contributed by atoms with van der Waals surface area (Å²) in [6, 6.07) is 21.6. The Bertz CT molecular complexity index is 889. The van der Waals surface area contributed by atoms with Crippen molar-refractivity contribution in [3.05, 3.63) is 72.3 Å². The van der Waals surface area contributed by atoms with Crippen molar-refractivity contribution in [1.82, 2.24) is 0 Å². The second-order valence-electron chi connectivity index (χ2n) is 7.22. The van der Waals surface area contributed by atoms with Crippen molar-refractivity contribution in [1.29, 1.82) is 0 Å². The van der Waals surface area contributed by atoms with Crippen molar-refractivity contribution in [3.8, 4) is 5.88 Å². The number of para-hydroxylation sites is 1. The smallest absolute Gasteiger partial charge is 0.368 e. The van der Waals surface area contributed by atoms with Gasteiger partial charge in [0.1, 0.15) is 0 Å². The number of carbonyl (C=O) groups excluding carboxylic acids is 1. The van der Waals surface area contributed by atoms with Crippen molar-refractivity contribution in [2.45, 2.75) is 52.0 Å². The summed E-state index contributed by atoms with van der Waals surface area (Å²) < 4.78 is 8.10. The number of rotatable bonds is 11. The van der Waals surface area contributed by atoms with Crippen molar-refractivity contribution in [3.63, 3.8) is 0 Å². The summed E-state index contributed by atoms with van der Waals surface area (Å²) in [5.41, 5.74) is 1.75. The van der Waals surface area contributed by atoms with E-state index in [0.29, 0.717) is 6.61 Å². The monoisotopic (exact) mass is 376 g/mol. The molecule has 0 amide bonds. The Morgan fingerprint density at radius 3 is 2.36 bits per heavy atom. The highest BCUT2D eigenvalue weighted by molar-refractivity contribution is 5.95. The van der Waals surface area contributed by atoms with Gasteiger partial charge in [0.05, 0.1) is 12.7 Å². The Kier molecular flexibility index (Phi) is 7.60. The van der Waals surface area contributed by atoms with Gasteiger partial charge in [-0.1, -0.05) is 81.5 Å². The van der Waals surface area contributed by atoms with Crippen LogP contribution in [-0.2, 0) is 6.54 Å². The molecule has 0 saturated heterocycles. The van der Waals surface area contributed by atoms with Crippen molar-refractivity contribution < 1.29 is 14.1 Å². The third-order valence-electron chi connectivity index (χ3n) is 5.04. The summed E-state index contributed by atoms with van der Waals surface area (Å²) in [4.78, 5) is 12.8. The molecule has 0 aliphatic carbocycles. The molecule has 2 aromatic carbocycles. The molecule has 0 aliphatic heterocycles. The van der Waals surface area contributed by atoms with E-state index in [1.165, 1.54) is 32.1 Å². The maximum atomic E-state index is 12.8. The van der Waals surface area contributed by atoms with Gasteiger partial charge in [-0.2, -0.15) is 4.57 Å². The molecule has 0 bridgehead atoms. The number of Topliss-reactive ketones (excluding diaryl/α,β-unsaturated/α-hetero) is 1. The molecule has 3 heteroatoms. The average molecular weight is 377 g/mol. The van der Waals surface area contributed by atoms with Crippen LogP contribution in [0.3, 0.4) is 0 Å². The van der Waals surface area contributed by atoms with Crippen LogP contribution in [-0.4, -0.2) is 12.4 Å². The number of fused-ring (bicyclic) bond motifs is 1. The van der Waals surface area contributed by atoms with E-state index >= 15 is 0 Å². The second kappa shape index (κ2) is 10.6. The molecule has 0 saturated carbocycles. The summed E-state index contributed by atoms with van der Waals surface area (Å²) in [6.07, 6.45) is 7.38. The Labute approximate surface area is 168 Å². The molecular weight excluding hydrogens is 346 g/mol. The van der Waals surface area contributed by atoms with Gasteiger partial charge in [0.25, 0.3) is 0 Å². The summed E-state index contributed by atoms with van der Waals surface area (Å²) in [5, 5.41) is 1.11. The van der Waals surface area contributed by atoms with Crippen LogP contribution < -0.4 is 9.30 Å². The first kappa shape index (κ1) is 20.1. The molecule has 146 valence electrons. The van der Waals surface area contributed by atoms with Gasteiger partial charge in [-0.05, 0) is 18.6 Å². The van der Waals surface area contributed by atoms with E-state index in [-0.39, 0.29) is 12.3 Å². The molecule has 3 rings (SSSR count). The summed E-state index contributed by atoms with van der Waals surface area (Å²) >= 11 is 0. The number of carbonyl (C=O) groups is 1. The van der Waals surface area contributed by atoms with E-state index in [2.05, 4.69) is 19.1 Å². The zero-order chi connectivity index (χ0) is 19.6. The van der Waals surface area contributed by atoms with Gasteiger partial charge >= 0.3 is 5.88 Å². The standard InChI is InChI=1S/C25H30NO2/c1-2-3-4-5-6-12-19-28-25-18-17-21-13-10-11-16-23(21)26(25)20-24(27)22-14-8-7-9-15-22/h7-11,13-18H,2-6,12,19-20H2,1H3/q+1. The molecule has 0 unspecified atom stereocenters. The van der Waals surface area contributed by atoms with Crippen LogP contribution in [0.1, 0.15) is 55.8 Å². The molecule has 0 aliphatic rings. The predicted octanol–water partition coefficient (Wildman–Crippen LogP) is 5.75. The van der Waals surface area contributed by atoms with E-state index in [9.17, 15) is 4.79 Å². The molecule has 0 fully saturated rings. The van der Waals surface area contributed by atoms with E-state index < -0.39 is 0 Å². The van der Waals surface area contributed by atoms with Crippen LogP contribution in [0.2, 0.25) is 0 Å². The number of hydrogen-bond donors (Lipinski definition) is 0. The molecule has 1 heterocycles. The molecule has 3 nitrogen and oxygen atoms in total. The first-order chi connectivity index (χ1) is 13.8. The number of ether oxygens (including phenoxy) is 1. The quantitative estimate of drug-likeness (QED) is 0.242. The van der Waals surface area contributed by atoms with Gasteiger partial charge < -0.3 is 4.74 Å². The van der Waals surface area contributed by atoms with Gasteiger partial charge in [0.2, 0.25) is 17.8 Å². The molecule has 28 heavy (non-hydrogen) atoms. The van der Waals surface area contributed by atoms with E-state index in [1.54, 1.807) is 0 Å². The average Bonchev–Trinajstić information content (AvgIpc) is 2.75. The molecule has 1 aromatic heterocycles. The van der Waals surface area contributed by atoms with Crippen LogP contribution in [0.5, 0.6) is 5.88 Å². The Morgan fingerprint density at radius 1 is 0.821 bits per heavy atom. The molecule has 0 radical (unpaired) electrons. The SMILES string of the molecule is CCCCCCCCOc1ccc2ccccc2[n+]1CC(=O)c1ccccc1. The molecular formula is C25H30NO2+. The number of pyridine rings is 1. The summed E-state index contributed by atoms with van der Waals surface area (Å²) in [7, 11) is 0. The van der Waals surface area contributed by atoms with Gasteiger partial charge in [-0.25, -0.2) is 0 Å². The molecule has 3 aromatic rings. The van der Waals surface area contributed by atoms with Gasteiger partial charge in [0.15, 0.2) is 0 Å². The van der Waals surface area contributed by atoms with Crippen molar-refractivity contribution in [2.24, 2.45) is 0 Å². The van der Waals surface area contributed by atoms with Gasteiger partial charge in [-0.3, -0.25) is 4.79 Å². The minimum Gasteiger partial charge on any atom is -0.444 e. The number of aromatic nitrogens is 1. The highest BCUT2D eigenvalue weighted by Crippen LogP contribution is 2.16. The van der Waals surface area contributed by atoms with Gasteiger partial charge in [0, 0.05) is 17.0 Å². The maximum Gasteiger partial charge on any atom is 0.368 e. The van der Waals surface area contributed by atoms with Gasteiger partial charge in [-0.15, -0.1) is 0 Å². The number of nitrogens with zero attached hydrogens (tertiary/aromatic N) is 1. The fourth-order valence-corrected chi connectivity index (χ4v) is 3.45. The molecule has 0 atom stereocenters. The van der Waals surface area contributed by atoms with Crippen LogP contribution >= 0.6 is 0 Å². The summed E-state index contributed by atoms with van der Waals surface area (Å²) in [6.45, 7) is 3.19. The van der Waals surface area contributed by atoms with Crippen LogP contribution in [0.4, 0.5) is 0 Å². The number of ketones is 1. The minimum absolute atomic E-state index is 0.0892. The first-order valence-corrected chi connectivity index (χ1v) is 10.4. The van der Waals surface area contributed by atoms with E-state index in [4.69, 9.17) is 4.74 Å². The number of hydrogen-bond acceptors (Lipinski definition) is 2. The second-order valence-corrected chi connectivity index (χ2v) is 7.22. The fourth-order valence-electron chi connectivity index (χ4n) is 3.45. The lowest BCUT2D eigenvalue weighted by atomic mass is 10.1. The third-order valence-corrected chi connectivity index (χ3v) is 5.04. The predicted molar refractivity (Wildman–Crippen MR) is 114 cm³/mol. The lowest BCUT2D eigenvalue weighted by molar-refractivity contribution is -0.663. The topological polar surface area (TPSA) is 30.2 Å². The highest BCUT2D eigenvalue weighted by Gasteiger charge is 2.21. The maximum absolute atomic E-state index is 12.8. The van der Waals surface area contributed by atoms with Crippen LogP contribution in [0.25, 0.3) is 10.9 Å². The zero-order valence-electron chi connectivity index (χ0n) is 16.8. The Morgan fingerprint density at radius 2 is 1.54 bits per heavy atom. The highest BCUT2D eigenvalue weighted by atomic mass is 16.5. The Hall–Kier alpha value is -2.68. The van der Waals surface area contributed by atoms with E-state index in [0.717, 1.165) is 28.8 Å². The van der Waals surface area contributed by atoms with Crippen LogP contribution in [0.15, 0.2) is 66.7 Å². The fraction of sp³-hybridized carbons (Fsp3) is 0.360. The normalized spacial score (nSPS) is 10.9. The summed E-state index contributed by atoms with van der Waals surface area (Å²) in [5.74, 6) is 0.850. The molecule has 0 N–H and O–H groups in total. The molecule has 0 spiro atoms. The van der Waals surface area contributed by atoms with Crippen molar-refractivity contribution >= 4 is 16.7 Å². The van der Waals surface area contributed by atoms with Crippen LogP contribution in [0, 0.1) is 0 Å². The largest absolute Gasteiger partial charge is 0.444 e. The number of benzene rings is 2. The zero-order valence-corrected chi connectivity index (χ0v) is 16.8. The minimum atomic E-state index is 0.0892. The lowest BCUT2D eigenvalue weighted by Gasteiger charge is -2.09. The number of unbranched alkanes of at least 4 members (excludes halogenated alkanes) is 5.